The Kier molecular flexibility index (Phi) is 4.10. The van der Waals surface area contributed by atoms with Gasteiger partial charge in [-0.25, -0.2) is 4.79 Å². The van der Waals surface area contributed by atoms with Crippen molar-refractivity contribution in [2.24, 2.45) is 0 Å². The van der Waals surface area contributed by atoms with Gasteiger partial charge in [-0.1, -0.05) is 42.8 Å². The maximum absolute atomic E-state index is 12.8. The minimum absolute atomic E-state index is 0.0856. The van der Waals surface area contributed by atoms with E-state index in [0.717, 1.165) is 11.1 Å². The highest BCUT2D eigenvalue weighted by molar-refractivity contribution is 6.32. The lowest BCUT2D eigenvalue weighted by molar-refractivity contribution is 0.318. The van der Waals surface area contributed by atoms with E-state index in [1.165, 1.54) is 4.57 Å². The third kappa shape index (κ3) is 2.68. The second kappa shape index (κ2) is 5.53. The van der Waals surface area contributed by atoms with Gasteiger partial charge in [-0.15, -0.1) is 0 Å². The molecular formula is C16H19ClN2O2. The Bertz CT molecular complexity index is 788. The zero-order chi connectivity index (χ0) is 15.8. The lowest BCUT2D eigenvalue weighted by Gasteiger charge is -2.25. The van der Waals surface area contributed by atoms with Crippen molar-refractivity contribution < 1.29 is 0 Å². The quantitative estimate of drug-likeness (QED) is 0.885. The topological polar surface area (TPSA) is 54.9 Å². The molecular weight excluding hydrogens is 288 g/mol. The van der Waals surface area contributed by atoms with Crippen LogP contribution < -0.4 is 11.2 Å². The molecule has 0 spiro atoms. The number of benzene rings is 1. The average molecular weight is 307 g/mol. The molecule has 0 amide bonds. The first kappa shape index (κ1) is 15.6. The van der Waals surface area contributed by atoms with Gasteiger partial charge in [-0.2, -0.15) is 0 Å². The first-order valence-electron chi connectivity index (χ1n) is 6.91. The van der Waals surface area contributed by atoms with E-state index >= 15 is 0 Å². The van der Waals surface area contributed by atoms with Crippen molar-refractivity contribution in [2.75, 3.05) is 0 Å². The molecule has 0 unspecified atom stereocenters. The SMILES string of the molecule is CCC(C)(C)n1c(=O)[nH]c(Cl)c(-c2ccccc2C)c1=O. The molecule has 21 heavy (non-hydrogen) atoms. The van der Waals surface area contributed by atoms with E-state index in [9.17, 15) is 9.59 Å². The van der Waals surface area contributed by atoms with Crippen LogP contribution in [-0.4, -0.2) is 9.55 Å². The van der Waals surface area contributed by atoms with Gasteiger partial charge < -0.3 is 0 Å². The van der Waals surface area contributed by atoms with E-state index in [-0.39, 0.29) is 10.7 Å². The van der Waals surface area contributed by atoms with Gasteiger partial charge in [-0.3, -0.25) is 14.3 Å². The minimum Gasteiger partial charge on any atom is -0.297 e. The number of hydrogen-bond donors (Lipinski definition) is 1. The summed E-state index contributed by atoms with van der Waals surface area (Å²) in [7, 11) is 0. The molecule has 0 bridgehead atoms. The molecule has 0 atom stereocenters. The molecule has 2 aromatic rings. The van der Waals surface area contributed by atoms with E-state index in [1.807, 2.05) is 52.0 Å². The highest BCUT2D eigenvalue weighted by atomic mass is 35.5. The normalized spacial score (nSPS) is 11.7. The molecule has 0 fully saturated rings. The van der Waals surface area contributed by atoms with Crippen LogP contribution in [0.15, 0.2) is 33.9 Å². The van der Waals surface area contributed by atoms with E-state index in [4.69, 9.17) is 11.6 Å². The fourth-order valence-electron chi connectivity index (χ4n) is 2.30. The average Bonchev–Trinajstić information content (AvgIpc) is 2.40. The molecule has 5 heteroatoms. The summed E-state index contributed by atoms with van der Waals surface area (Å²) in [5.41, 5.74) is 0.607. The first-order chi connectivity index (χ1) is 9.79. The van der Waals surface area contributed by atoms with Gasteiger partial charge in [0.1, 0.15) is 5.15 Å². The van der Waals surface area contributed by atoms with Gasteiger partial charge in [0.05, 0.1) is 5.56 Å². The minimum atomic E-state index is -0.577. The van der Waals surface area contributed by atoms with Crippen LogP contribution >= 0.6 is 11.6 Å². The molecule has 112 valence electrons. The van der Waals surface area contributed by atoms with Crippen molar-refractivity contribution in [1.82, 2.24) is 9.55 Å². The molecule has 1 heterocycles. The molecule has 2 rings (SSSR count). The van der Waals surface area contributed by atoms with Crippen LogP contribution in [0.3, 0.4) is 0 Å². The van der Waals surface area contributed by atoms with Crippen molar-refractivity contribution >= 4 is 11.6 Å². The Labute approximate surface area is 128 Å². The molecule has 4 nitrogen and oxygen atoms in total. The van der Waals surface area contributed by atoms with Crippen LogP contribution in [0.4, 0.5) is 0 Å². The summed E-state index contributed by atoms with van der Waals surface area (Å²) in [6, 6.07) is 7.48. The Morgan fingerprint density at radius 2 is 1.86 bits per heavy atom. The summed E-state index contributed by atoms with van der Waals surface area (Å²) in [6.45, 7) is 7.57. The number of hydrogen-bond acceptors (Lipinski definition) is 2. The molecule has 1 aromatic carbocycles. The second-order valence-corrected chi connectivity index (χ2v) is 6.12. The van der Waals surface area contributed by atoms with Gasteiger partial charge in [0.15, 0.2) is 0 Å². The number of nitrogens with one attached hydrogen (secondary N) is 1. The number of rotatable bonds is 3. The zero-order valence-corrected chi connectivity index (χ0v) is 13.4. The smallest absolute Gasteiger partial charge is 0.297 e. The fraction of sp³-hybridized carbons (Fsp3) is 0.375. The standard InChI is InChI=1S/C16H19ClN2O2/c1-5-16(3,4)19-14(20)12(13(17)18-15(19)21)11-9-7-6-8-10(11)2/h6-9H,5H2,1-4H3,(H,18,21). The zero-order valence-electron chi connectivity index (χ0n) is 12.7. The summed E-state index contributed by atoms with van der Waals surface area (Å²) in [5, 5.41) is 0.0856. The van der Waals surface area contributed by atoms with Crippen LogP contribution in [0.25, 0.3) is 11.1 Å². The third-order valence-corrected chi connectivity index (χ3v) is 4.22. The van der Waals surface area contributed by atoms with E-state index in [0.29, 0.717) is 12.0 Å². The van der Waals surface area contributed by atoms with Crippen molar-refractivity contribution in [3.8, 4) is 11.1 Å². The molecule has 0 aliphatic carbocycles. The lowest BCUT2D eigenvalue weighted by atomic mass is 9.99. The van der Waals surface area contributed by atoms with Crippen LogP contribution in [0.1, 0.15) is 32.8 Å². The predicted molar refractivity (Wildman–Crippen MR) is 86.1 cm³/mol. The van der Waals surface area contributed by atoms with Crippen molar-refractivity contribution in [3.05, 3.63) is 55.8 Å². The lowest BCUT2D eigenvalue weighted by Crippen LogP contribution is -2.46. The van der Waals surface area contributed by atoms with Gasteiger partial charge in [0.2, 0.25) is 0 Å². The summed E-state index contributed by atoms with van der Waals surface area (Å²) in [4.78, 5) is 27.6. The van der Waals surface area contributed by atoms with Crippen LogP contribution in [0, 0.1) is 6.92 Å². The van der Waals surface area contributed by atoms with Gasteiger partial charge in [0, 0.05) is 5.54 Å². The maximum Gasteiger partial charge on any atom is 0.330 e. The number of nitrogens with zero attached hydrogens (tertiary/aromatic N) is 1. The van der Waals surface area contributed by atoms with E-state index in [1.54, 1.807) is 0 Å². The first-order valence-corrected chi connectivity index (χ1v) is 7.28. The monoisotopic (exact) mass is 306 g/mol. The van der Waals surface area contributed by atoms with E-state index in [2.05, 4.69) is 4.98 Å². The van der Waals surface area contributed by atoms with Crippen molar-refractivity contribution in [2.45, 2.75) is 39.7 Å². The Balaban J connectivity index is 2.88. The summed E-state index contributed by atoms with van der Waals surface area (Å²) < 4.78 is 1.25. The second-order valence-electron chi connectivity index (χ2n) is 5.74. The molecule has 0 aliphatic rings. The third-order valence-electron chi connectivity index (χ3n) is 3.94. The van der Waals surface area contributed by atoms with Gasteiger partial charge in [-0.05, 0) is 38.3 Å². The van der Waals surface area contributed by atoms with Gasteiger partial charge >= 0.3 is 5.69 Å². The summed E-state index contributed by atoms with van der Waals surface area (Å²) in [5.74, 6) is 0. The highest BCUT2D eigenvalue weighted by Crippen LogP contribution is 2.26. The number of aromatic amines is 1. The Morgan fingerprint density at radius 1 is 1.24 bits per heavy atom. The molecule has 0 saturated heterocycles. The Hall–Kier alpha value is -1.81. The van der Waals surface area contributed by atoms with Crippen LogP contribution in [0.2, 0.25) is 5.15 Å². The summed E-state index contributed by atoms with van der Waals surface area (Å²) >= 11 is 6.14. The number of aryl methyl sites for hydroxylation is 1. The molecule has 1 N–H and O–H groups in total. The fourth-order valence-corrected chi connectivity index (χ4v) is 2.57. The van der Waals surface area contributed by atoms with E-state index < -0.39 is 11.2 Å². The maximum atomic E-state index is 12.8. The number of H-pyrrole nitrogens is 1. The number of halogens is 1. The van der Waals surface area contributed by atoms with Gasteiger partial charge in [0.25, 0.3) is 5.56 Å². The summed E-state index contributed by atoms with van der Waals surface area (Å²) in [6.07, 6.45) is 0.658. The predicted octanol–water partition coefficient (Wildman–Crippen LogP) is 3.31. The highest BCUT2D eigenvalue weighted by Gasteiger charge is 2.25. The molecule has 0 aliphatic heterocycles. The number of aromatic nitrogens is 2. The largest absolute Gasteiger partial charge is 0.330 e. The van der Waals surface area contributed by atoms with Crippen molar-refractivity contribution in [3.63, 3.8) is 0 Å². The molecule has 0 radical (unpaired) electrons. The Morgan fingerprint density at radius 3 is 2.43 bits per heavy atom. The van der Waals surface area contributed by atoms with Crippen LogP contribution in [-0.2, 0) is 5.54 Å². The molecule has 0 saturated carbocycles. The van der Waals surface area contributed by atoms with Crippen LogP contribution in [0.5, 0.6) is 0 Å². The molecule has 1 aromatic heterocycles. The van der Waals surface area contributed by atoms with Crippen molar-refractivity contribution in [1.29, 1.82) is 0 Å².